The molecule has 0 N–H and O–H groups in total. The van der Waals surface area contributed by atoms with Crippen LogP contribution < -0.4 is 9.47 Å². The highest BCUT2D eigenvalue weighted by molar-refractivity contribution is 9.10. The van der Waals surface area contributed by atoms with Gasteiger partial charge < -0.3 is 14.2 Å². The number of carbonyl (C=O) groups is 1. The first-order valence-corrected chi connectivity index (χ1v) is 18.7. The van der Waals surface area contributed by atoms with Crippen LogP contribution in [0.25, 0.3) is 33.5 Å². The van der Waals surface area contributed by atoms with Crippen molar-refractivity contribution in [2.45, 2.75) is 20.1 Å². The van der Waals surface area contributed by atoms with Crippen molar-refractivity contribution in [1.82, 2.24) is 9.97 Å². The van der Waals surface area contributed by atoms with Crippen LogP contribution in [0.15, 0.2) is 163 Å². The summed E-state index contributed by atoms with van der Waals surface area (Å²) in [5.41, 5.74) is 7.77. The van der Waals surface area contributed by atoms with Gasteiger partial charge in [-0.25, -0.2) is 9.78 Å². The fourth-order valence-corrected chi connectivity index (χ4v) is 6.40. The normalized spacial score (nSPS) is 10.5. The van der Waals surface area contributed by atoms with E-state index < -0.39 is 0 Å². The lowest BCUT2D eigenvalue weighted by Crippen LogP contribution is -2.04. The number of ether oxygens (including phenoxy) is 3. The smallest absolute Gasteiger partial charge is 0.338 e. The van der Waals surface area contributed by atoms with Gasteiger partial charge in [-0.15, -0.1) is 0 Å². The van der Waals surface area contributed by atoms with Crippen molar-refractivity contribution >= 4 is 45.1 Å². The molecule has 0 saturated carbocycles. The van der Waals surface area contributed by atoms with Crippen LogP contribution in [-0.4, -0.2) is 22.5 Å². The number of carbonyl (C=O) groups excluding carboxylic acids is 1. The number of nitrogens with zero attached hydrogens (tertiary/aromatic N) is 2. The highest BCUT2D eigenvalue weighted by Crippen LogP contribution is 2.39. The monoisotopic (exact) mass is 816 g/mol. The van der Waals surface area contributed by atoms with Gasteiger partial charge in [0, 0.05) is 50.3 Å². The number of rotatable bonds is 11. The minimum absolute atomic E-state index is 0.322. The van der Waals surface area contributed by atoms with E-state index in [1.54, 1.807) is 31.5 Å². The van der Waals surface area contributed by atoms with E-state index in [9.17, 15) is 4.79 Å². The highest BCUT2D eigenvalue weighted by atomic mass is 79.9. The van der Waals surface area contributed by atoms with E-state index in [4.69, 9.17) is 37.4 Å². The van der Waals surface area contributed by atoms with E-state index in [2.05, 4.69) is 25.9 Å². The topological polar surface area (TPSA) is 70.5 Å². The van der Waals surface area contributed by atoms with Crippen molar-refractivity contribution in [1.29, 1.82) is 0 Å². The van der Waals surface area contributed by atoms with Crippen molar-refractivity contribution in [3.8, 4) is 45.0 Å². The molecule has 0 saturated heterocycles. The van der Waals surface area contributed by atoms with E-state index in [0.29, 0.717) is 41.2 Å². The Balaban J connectivity index is 0.000000197. The molecule has 9 heteroatoms. The number of pyridine rings is 2. The van der Waals surface area contributed by atoms with Crippen molar-refractivity contribution in [2.24, 2.45) is 0 Å². The maximum absolute atomic E-state index is 12.2. The average Bonchev–Trinajstić information content (AvgIpc) is 3.21. The largest absolute Gasteiger partial charge is 0.488 e. The summed E-state index contributed by atoms with van der Waals surface area (Å²) in [6, 6.07) is 46.2. The molecule has 6 nitrogen and oxygen atoms in total. The molecular weight excluding hydrogens is 783 g/mol. The van der Waals surface area contributed by atoms with Crippen molar-refractivity contribution in [3.63, 3.8) is 0 Å². The van der Waals surface area contributed by atoms with Crippen LogP contribution in [-0.2, 0) is 18.0 Å². The lowest BCUT2D eigenvalue weighted by atomic mass is 9.97. The summed E-state index contributed by atoms with van der Waals surface area (Å²) in [6.45, 7) is 3.05. The molecule has 2 aromatic heterocycles. The lowest BCUT2D eigenvalue weighted by Gasteiger charge is -2.15. The van der Waals surface area contributed by atoms with Crippen LogP contribution in [0.4, 0.5) is 0 Å². The molecule has 270 valence electrons. The Kier molecular flexibility index (Phi) is 13.5. The molecule has 0 aliphatic carbocycles. The Hall–Kier alpha value is -5.47. The van der Waals surface area contributed by atoms with E-state index in [1.807, 2.05) is 133 Å². The van der Waals surface area contributed by atoms with Crippen LogP contribution in [0, 0.1) is 0 Å². The first kappa shape index (κ1) is 38.3. The van der Waals surface area contributed by atoms with Crippen LogP contribution in [0.1, 0.15) is 28.4 Å². The summed E-state index contributed by atoms with van der Waals surface area (Å²) >= 11 is 16.0. The number of halogens is 3. The first-order chi connectivity index (χ1) is 26.4. The van der Waals surface area contributed by atoms with Gasteiger partial charge in [0.2, 0.25) is 0 Å². The summed E-state index contributed by atoms with van der Waals surface area (Å²) in [7, 11) is 0. The molecule has 0 amide bonds. The number of hydrogen-bond acceptors (Lipinski definition) is 6. The predicted molar refractivity (Wildman–Crippen MR) is 220 cm³/mol. The van der Waals surface area contributed by atoms with E-state index in [0.717, 1.165) is 55.0 Å². The summed E-state index contributed by atoms with van der Waals surface area (Å²) in [4.78, 5) is 21.1. The molecule has 0 unspecified atom stereocenters. The zero-order valence-corrected chi connectivity index (χ0v) is 32.4. The van der Waals surface area contributed by atoms with Crippen LogP contribution >= 0.6 is 39.1 Å². The number of esters is 1. The van der Waals surface area contributed by atoms with E-state index in [-0.39, 0.29) is 5.97 Å². The molecule has 54 heavy (non-hydrogen) atoms. The van der Waals surface area contributed by atoms with Gasteiger partial charge in [0.15, 0.2) is 0 Å². The maximum Gasteiger partial charge on any atom is 0.338 e. The molecule has 0 fully saturated rings. The number of benzene rings is 5. The zero-order chi connectivity index (χ0) is 37.7. The first-order valence-electron chi connectivity index (χ1n) is 17.2. The Bertz CT molecular complexity index is 2320. The standard InChI is InChI=1S/C27H22ClNO3.C18H13BrClNO/c1-2-31-27(30)21-11-6-10-20(16-21)26-23(12-7-15-29-26)24-17-22(28)13-14-25(24)32-18-19-8-4-3-5-9-19;19-18-15(7-4-10-21-18)16-11-14(20)8-9-17(16)22-12-13-5-2-1-3-6-13/h3-17H,2,18H2,1H3;1-11H,12H2. The van der Waals surface area contributed by atoms with Crippen molar-refractivity contribution in [2.75, 3.05) is 6.61 Å². The average molecular weight is 819 g/mol. The third-order valence-electron chi connectivity index (χ3n) is 8.15. The maximum atomic E-state index is 12.2. The van der Waals surface area contributed by atoms with Gasteiger partial charge in [-0.1, -0.05) is 102 Å². The van der Waals surface area contributed by atoms with Crippen LogP contribution in [0.3, 0.4) is 0 Å². The quantitative estimate of drug-likeness (QED) is 0.0956. The molecule has 0 bridgehead atoms. The zero-order valence-electron chi connectivity index (χ0n) is 29.3. The van der Waals surface area contributed by atoms with Gasteiger partial charge in [-0.2, -0.15) is 0 Å². The van der Waals surface area contributed by atoms with Gasteiger partial charge >= 0.3 is 5.97 Å². The second-order valence-electron chi connectivity index (χ2n) is 11.9. The summed E-state index contributed by atoms with van der Waals surface area (Å²) in [5, 5.41) is 1.26. The van der Waals surface area contributed by atoms with Gasteiger partial charge in [0.1, 0.15) is 29.3 Å². The van der Waals surface area contributed by atoms with Gasteiger partial charge in [0.05, 0.1) is 17.9 Å². The highest BCUT2D eigenvalue weighted by Gasteiger charge is 2.16. The summed E-state index contributed by atoms with van der Waals surface area (Å²) in [5.74, 6) is 1.12. The Morgan fingerprint density at radius 1 is 0.593 bits per heavy atom. The SMILES string of the molecule is CCOC(=O)c1cccc(-c2ncccc2-c2cc(Cl)ccc2OCc2ccccc2)c1.Clc1ccc(OCc2ccccc2)c(-c2cccnc2Br)c1. The van der Waals surface area contributed by atoms with Crippen molar-refractivity contribution in [3.05, 3.63) is 189 Å². The third kappa shape index (κ3) is 10.1. The molecule has 7 rings (SSSR count). The summed E-state index contributed by atoms with van der Waals surface area (Å²) < 4.78 is 18.0. The second kappa shape index (κ2) is 19.0. The summed E-state index contributed by atoms with van der Waals surface area (Å²) in [6.07, 6.45) is 3.47. The molecule has 5 aromatic carbocycles. The third-order valence-corrected chi connectivity index (χ3v) is 9.25. The van der Waals surface area contributed by atoms with Gasteiger partial charge in [-0.05, 0) is 101 Å². The van der Waals surface area contributed by atoms with Gasteiger partial charge in [0.25, 0.3) is 0 Å². The van der Waals surface area contributed by atoms with E-state index in [1.165, 1.54) is 0 Å². The van der Waals surface area contributed by atoms with E-state index >= 15 is 0 Å². The lowest BCUT2D eigenvalue weighted by molar-refractivity contribution is 0.0526. The Morgan fingerprint density at radius 2 is 1.15 bits per heavy atom. The molecule has 0 spiro atoms. The molecule has 7 aromatic rings. The molecular formula is C45H35BrCl2N2O4. The minimum Gasteiger partial charge on any atom is -0.488 e. The molecule has 0 aliphatic heterocycles. The molecule has 0 aliphatic rings. The van der Waals surface area contributed by atoms with Gasteiger partial charge in [-0.3, -0.25) is 4.98 Å². The second-order valence-corrected chi connectivity index (χ2v) is 13.5. The van der Waals surface area contributed by atoms with Crippen LogP contribution in [0.5, 0.6) is 11.5 Å². The fourth-order valence-electron chi connectivity index (χ4n) is 5.60. The number of aromatic nitrogens is 2. The Morgan fingerprint density at radius 3 is 1.72 bits per heavy atom. The van der Waals surface area contributed by atoms with Crippen LogP contribution in [0.2, 0.25) is 10.0 Å². The number of hydrogen-bond donors (Lipinski definition) is 0. The minimum atomic E-state index is -0.360. The molecule has 0 radical (unpaired) electrons. The molecule has 2 heterocycles. The Labute approximate surface area is 333 Å². The molecule has 0 atom stereocenters. The van der Waals surface area contributed by atoms with Crippen molar-refractivity contribution < 1.29 is 19.0 Å². The fraction of sp³-hybridized carbons (Fsp3) is 0.0889. The predicted octanol–water partition coefficient (Wildman–Crippen LogP) is 12.6.